The molecule has 1 atom stereocenters. The Balaban J connectivity index is 1.71. The highest BCUT2D eigenvalue weighted by atomic mass is 32.1. The smallest absolute Gasteiger partial charge is 0.301 e. The molecule has 0 aliphatic carbocycles. The Morgan fingerprint density at radius 1 is 1.17 bits per heavy atom. The number of hydrogen-bond acceptors (Lipinski definition) is 6. The number of halogens is 1. The topological polar surface area (TPSA) is 79.7 Å². The van der Waals surface area contributed by atoms with Gasteiger partial charge in [-0.3, -0.25) is 14.5 Å². The lowest BCUT2D eigenvalue weighted by Crippen LogP contribution is -2.29. The van der Waals surface area contributed by atoms with Gasteiger partial charge in [0.15, 0.2) is 5.13 Å². The molecule has 1 fully saturated rings. The number of Topliss-reactive ketones (excluding diaryl/α,β-unsaturated/α-hetero) is 1. The van der Waals surface area contributed by atoms with Crippen LogP contribution in [0.15, 0.2) is 85.0 Å². The number of amides is 1. The summed E-state index contributed by atoms with van der Waals surface area (Å²) in [5.41, 5.74) is 2.40. The predicted octanol–water partition coefficient (Wildman–Crippen LogP) is 5.93. The number of aromatic nitrogens is 1. The van der Waals surface area contributed by atoms with E-state index >= 15 is 0 Å². The largest absolute Gasteiger partial charge is 0.507 e. The van der Waals surface area contributed by atoms with E-state index in [4.69, 9.17) is 4.74 Å². The van der Waals surface area contributed by atoms with Crippen molar-refractivity contribution in [2.24, 2.45) is 0 Å². The van der Waals surface area contributed by atoms with Gasteiger partial charge >= 0.3 is 5.91 Å². The molecule has 180 valence electrons. The standard InChI is InChI=1S/C28H21FN2O4S/c1-3-13-35-20-6-4-5-18(15-20)24-23(25(32)17-8-10-19(29)11-9-17)26(33)27(34)31(24)28-30-21-12-7-16(2)14-22(21)36-28/h3-12,14-15,24,32H,1,13H2,2H3/t24-/m1/s1. The SMILES string of the molecule is C=CCOc1cccc([C@@H]2C(=C(O)c3ccc(F)cc3)C(=O)C(=O)N2c2nc3ccc(C)cc3s2)c1. The molecular weight excluding hydrogens is 479 g/mol. The van der Waals surface area contributed by atoms with Crippen molar-refractivity contribution in [2.45, 2.75) is 13.0 Å². The van der Waals surface area contributed by atoms with Crippen molar-refractivity contribution in [1.82, 2.24) is 4.98 Å². The first-order chi connectivity index (χ1) is 17.4. The minimum atomic E-state index is -0.969. The number of rotatable bonds is 6. The Morgan fingerprint density at radius 2 is 1.94 bits per heavy atom. The van der Waals surface area contributed by atoms with Crippen molar-refractivity contribution in [1.29, 1.82) is 0 Å². The van der Waals surface area contributed by atoms with Crippen LogP contribution >= 0.6 is 11.3 Å². The molecule has 0 bridgehead atoms. The second-order valence-corrected chi connectivity index (χ2v) is 9.32. The fourth-order valence-electron chi connectivity index (χ4n) is 4.16. The van der Waals surface area contributed by atoms with Crippen LogP contribution < -0.4 is 9.64 Å². The summed E-state index contributed by atoms with van der Waals surface area (Å²) in [6.45, 7) is 5.89. The van der Waals surface area contributed by atoms with Crippen molar-refractivity contribution in [2.75, 3.05) is 11.5 Å². The molecule has 5 rings (SSSR count). The molecule has 8 heteroatoms. The average molecular weight is 501 g/mol. The predicted molar refractivity (Wildman–Crippen MR) is 138 cm³/mol. The highest BCUT2D eigenvalue weighted by Crippen LogP contribution is 2.44. The monoisotopic (exact) mass is 500 g/mol. The maximum absolute atomic E-state index is 13.5. The van der Waals surface area contributed by atoms with Crippen molar-refractivity contribution >= 4 is 44.1 Å². The number of fused-ring (bicyclic) bond motifs is 1. The second-order valence-electron chi connectivity index (χ2n) is 8.32. The summed E-state index contributed by atoms with van der Waals surface area (Å²) in [7, 11) is 0. The molecule has 1 aromatic heterocycles. The van der Waals surface area contributed by atoms with Gasteiger partial charge in [-0.15, -0.1) is 0 Å². The van der Waals surface area contributed by atoms with Gasteiger partial charge in [-0.1, -0.05) is 42.2 Å². The molecule has 36 heavy (non-hydrogen) atoms. The average Bonchev–Trinajstić information content (AvgIpc) is 3.40. The molecule has 1 amide bonds. The quantitative estimate of drug-likeness (QED) is 0.154. The summed E-state index contributed by atoms with van der Waals surface area (Å²) < 4.78 is 20.0. The zero-order valence-corrected chi connectivity index (χ0v) is 20.1. The van der Waals surface area contributed by atoms with Crippen molar-refractivity contribution in [3.8, 4) is 5.75 Å². The van der Waals surface area contributed by atoms with Gasteiger partial charge in [-0.25, -0.2) is 9.37 Å². The molecule has 1 aliphatic heterocycles. The molecule has 6 nitrogen and oxygen atoms in total. The molecule has 4 aromatic rings. The van der Waals surface area contributed by atoms with E-state index in [1.165, 1.54) is 40.5 Å². The van der Waals surface area contributed by atoms with Crippen LogP contribution in [-0.2, 0) is 9.59 Å². The molecule has 0 spiro atoms. The first-order valence-electron chi connectivity index (χ1n) is 11.1. The van der Waals surface area contributed by atoms with Crippen molar-refractivity contribution in [3.05, 3.63) is 107 Å². The molecule has 3 aromatic carbocycles. The van der Waals surface area contributed by atoms with Gasteiger partial charge in [0.25, 0.3) is 5.78 Å². The van der Waals surface area contributed by atoms with E-state index in [0.29, 0.717) is 22.0 Å². The first kappa shape index (κ1) is 23.4. The van der Waals surface area contributed by atoms with E-state index < -0.39 is 29.3 Å². The summed E-state index contributed by atoms with van der Waals surface area (Å²) in [5.74, 6) is -2.03. The van der Waals surface area contributed by atoms with Crippen LogP contribution in [0.4, 0.5) is 9.52 Å². The molecule has 2 heterocycles. The van der Waals surface area contributed by atoms with E-state index in [1.54, 1.807) is 30.3 Å². The number of thiazole rings is 1. The maximum atomic E-state index is 13.5. The van der Waals surface area contributed by atoms with Gasteiger partial charge in [0.1, 0.15) is 23.9 Å². The van der Waals surface area contributed by atoms with Crippen LogP contribution in [0.25, 0.3) is 16.0 Å². The number of aliphatic hydroxyl groups excluding tert-OH is 1. The number of benzene rings is 3. The molecule has 1 saturated heterocycles. The Bertz CT molecular complexity index is 1540. The summed E-state index contributed by atoms with van der Waals surface area (Å²) >= 11 is 1.29. The number of carbonyl (C=O) groups excluding carboxylic acids is 2. The number of anilines is 1. The van der Waals surface area contributed by atoms with Crippen LogP contribution in [0, 0.1) is 12.7 Å². The molecule has 1 aliphatic rings. The summed E-state index contributed by atoms with van der Waals surface area (Å²) in [4.78, 5) is 32.6. The van der Waals surface area contributed by atoms with Crippen LogP contribution in [0.3, 0.4) is 0 Å². The van der Waals surface area contributed by atoms with Crippen LogP contribution in [0.2, 0.25) is 0 Å². The van der Waals surface area contributed by atoms with Gasteiger partial charge in [-0.2, -0.15) is 0 Å². The molecule has 0 unspecified atom stereocenters. The fourth-order valence-corrected chi connectivity index (χ4v) is 5.25. The van der Waals surface area contributed by atoms with E-state index in [1.807, 2.05) is 25.1 Å². The van der Waals surface area contributed by atoms with Crippen molar-refractivity contribution in [3.63, 3.8) is 0 Å². The fraction of sp³-hybridized carbons (Fsp3) is 0.107. The Morgan fingerprint density at radius 3 is 2.69 bits per heavy atom. The highest BCUT2D eigenvalue weighted by molar-refractivity contribution is 7.22. The number of hydrogen-bond donors (Lipinski definition) is 1. The minimum Gasteiger partial charge on any atom is -0.507 e. The third-order valence-electron chi connectivity index (χ3n) is 5.84. The van der Waals surface area contributed by atoms with Gasteiger partial charge in [-0.05, 0) is 66.6 Å². The number of ether oxygens (including phenoxy) is 1. The third kappa shape index (κ3) is 4.16. The zero-order chi connectivity index (χ0) is 25.4. The summed E-state index contributed by atoms with van der Waals surface area (Å²) in [6, 6.07) is 16.8. The molecule has 1 N–H and O–H groups in total. The highest BCUT2D eigenvalue weighted by Gasteiger charge is 2.48. The Labute approximate surface area is 210 Å². The number of aryl methyl sites for hydroxylation is 1. The summed E-state index contributed by atoms with van der Waals surface area (Å²) in [6.07, 6.45) is 1.61. The van der Waals surface area contributed by atoms with Crippen LogP contribution in [0.1, 0.15) is 22.7 Å². The Hall–Kier alpha value is -4.30. The van der Waals surface area contributed by atoms with E-state index in [9.17, 15) is 19.1 Å². The molecule has 0 saturated carbocycles. The summed E-state index contributed by atoms with van der Waals surface area (Å²) in [5, 5.41) is 11.5. The number of ketones is 1. The van der Waals surface area contributed by atoms with Gasteiger partial charge < -0.3 is 9.84 Å². The maximum Gasteiger partial charge on any atom is 0.301 e. The lowest BCUT2D eigenvalue weighted by atomic mass is 9.95. The second kappa shape index (κ2) is 9.39. The number of carbonyl (C=O) groups is 2. The van der Waals surface area contributed by atoms with Gasteiger partial charge in [0.2, 0.25) is 0 Å². The van der Waals surface area contributed by atoms with Gasteiger partial charge in [0.05, 0.1) is 21.8 Å². The molecular formula is C28H21FN2O4S. The lowest BCUT2D eigenvalue weighted by molar-refractivity contribution is -0.132. The minimum absolute atomic E-state index is 0.108. The first-order valence-corrected chi connectivity index (χ1v) is 12.0. The molecule has 0 radical (unpaired) electrons. The number of nitrogens with zero attached hydrogens (tertiary/aromatic N) is 2. The van der Waals surface area contributed by atoms with E-state index in [2.05, 4.69) is 11.6 Å². The Kier molecular flexibility index (Phi) is 6.12. The third-order valence-corrected chi connectivity index (χ3v) is 6.86. The number of aliphatic hydroxyl groups is 1. The zero-order valence-electron chi connectivity index (χ0n) is 19.3. The normalized spacial score (nSPS) is 17.1. The van der Waals surface area contributed by atoms with Crippen LogP contribution in [-0.4, -0.2) is 28.4 Å². The van der Waals surface area contributed by atoms with E-state index in [-0.39, 0.29) is 17.7 Å². The van der Waals surface area contributed by atoms with Crippen molar-refractivity contribution < 1.29 is 23.8 Å². The van der Waals surface area contributed by atoms with Gasteiger partial charge in [0, 0.05) is 5.56 Å². The van der Waals surface area contributed by atoms with Crippen LogP contribution in [0.5, 0.6) is 5.75 Å². The lowest BCUT2D eigenvalue weighted by Gasteiger charge is -2.23. The van der Waals surface area contributed by atoms with E-state index in [0.717, 1.165) is 10.3 Å².